The zero-order valence-electron chi connectivity index (χ0n) is 14.6. The third-order valence-electron chi connectivity index (χ3n) is 4.48. The van der Waals surface area contributed by atoms with E-state index in [1.54, 1.807) is 4.90 Å². The SMILES string of the molecule is O=C1NCCN1Cc1ccccc1NCc1cc(-c2ccc(Cl)cc2)no1. The number of benzene rings is 2. The highest BCUT2D eigenvalue weighted by Crippen LogP contribution is 2.23. The van der Waals surface area contributed by atoms with Gasteiger partial charge >= 0.3 is 6.03 Å². The highest BCUT2D eigenvalue weighted by molar-refractivity contribution is 6.30. The molecule has 0 unspecified atom stereocenters. The second-order valence-electron chi connectivity index (χ2n) is 6.35. The molecule has 0 aliphatic carbocycles. The zero-order chi connectivity index (χ0) is 18.6. The topological polar surface area (TPSA) is 70.4 Å². The lowest BCUT2D eigenvalue weighted by atomic mass is 10.1. The van der Waals surface area contributed by atoms with Crippen molar-refractivity contribution >= 4 is 23.3 Å². The van der Waals surface area contributed by atoms with Crippen molar-refractivity contribution in [2.24, 2.45) is 0 Å². The number of nitrogens with one attached hydrogen (secondary N) is 2. The van der Waals surface area contributed by atoms with Crippen LogP contribution in [0.4, 0.5) is 10.5 Å². The van der Waals surface area contributed by atoms with Crippen molar-refractivity contribution in [3.63, 3.8) is 0 Å². The minimum absolute atomic E-state index is 0.0207. The quantitative estimate of drug-likeness (QED) is 0.672. The first kappa shape index (κ1) is 17.4. The molecule has 2 heterocycles. The molecule has 0 radical (unpaired) electrons. The largest absolute Gasteiger partial charge is 0.377 e. The minimum atomic E-state index is -0.0207. The molecular weight excluding hydrogens is 364 g/mol. The first-order valence-corrected chi connectivity index (χ1v) is 9.13. The first-order chi connectivity index (χ1) is 13.2. The van der Waals surface area contributed by atoms with Gasteiger partial charge in [-0.3, -0.25) is 0 Å². The summed E-state index contributed by atoms with van der Waals surface area (Å²) in [6, 6.07) is 17.3. The lowest BCUT2D eigenvalue weighted by molar-refractivity contribution is 0.215. The van der Waals surface area contributed by atoms with Crippen LogP contribution in [0.3, 0.4) is 0 Å². The van der Waals surface area contributed by atoms with Crippen molar-refractivity contribution in [2.45, 2.75) is 13.1 Å². The number of hydrogen-bond donors (Lipinski definition) is 2. The zero-order valence-corrected chi connectivity index (χ0v) is 15.4. The lowest BCUT2D eigenvalue weighted by Crippen LogP contribution is -2.27. The van der Waals surface area contributed by atoms with Gasteiger partial charge in [0.1, 0.15) is 5.69 Å². The van der Waals surface area contributed by atoms with E-state index in [-0.39, 0.29) is 6.03 Å². The molecule has 6 nitrogen and oxygen atoms in total. The van der Waals surface area contributed by atoms with Crippen molar-refractivity contribution in [1.29, 1.82) is 0 Å². The van der Waals surface area contributed by atoms with E-state index in [0.717, 1.165) is 34.8 Å². The normalized spacial score (nSPS) is 13.7. The molecule has 0 spiro atoms. The molecule has 7 heteroatoms. The van der Waals surface area contributed by atoms with E-state index in [0.29, 0.717) is 24.7 Å². The summed E-state index contributed by atoms with van der Waals surface area (Å²) in [6.07, 6.45) is 0. The fraction of sp³-hybridized carbons (Fsp3) is 0.200. The molecular formula is C20H19ClN4O2. The van der Waals surface area contributed by atoms with Gasteiger partial charge in [0, 0.05) is 42.0 Å². The van der Waals surface area contributed by atoms with Crippen LogP contribution in [0.5, 0.6) is 0 Å². The van der Waals surface area contributed by atoms with Gasteiger partial charge in [-0.15, -0.1) is 0 Å². The Morgan fingerprint density at radius 2 is 2.00 bits per heavy atom. The van der Waals surface area contributed by atoms with Crippen LogP contribution in [-0.4, -0.2) is 29.2 Å². The first-order valence-electron chi connectivity index (χ1n) is 8.75. The number of aromatic nitrogens is 1. The number of halogens is 1. The Morgan fingerprint density at radius 3 is 2.78 bits per heavy atom. The monoisotopic (exact) mass is 382 g/mol. The van der Waals surface area contributed by atoms with Crippen molar-refractivity contribution in [2.75, 3.05) is 18.4 Å². The summed E-state index contributed by atoms with van der Waals surface area (Å²) in [7, 11) is 0. The van der Waals surface area contributed by atoms with Gasteiger partial charge in [-0.1, -0.05) is 47.1 Å². The molecule has 138 valence electrons. The standard InChI is InChI=1S/C20H19ClN4O2/c21-16-7-5-14(6-8-16)19-11-17(27-24-19)12-23-18-4-2-1-3-15(18)13-25-10-9-22-20(25)26/h1-8,11,23H,9-10,12-13H2,(H,22,26). The number of para-hydroxylation sites is 1. The van der Waals surface area contributed by atoms with Crippen LogP contribution in [0.1, 0.15) is 11.3 Å². The number of carbonyl (C=O) groups excluding carboxylic acids is 1. The Labute approximate surface area is 162 Å². The lowest BCUT2D eigenvalue weighted by Gasteiger charge is -2.17. The molecule has 0 atom stereocenters. The minimum Gasteiger partial charge on any atom is -0.377 e. The molecule has 2 amide bonds. The number of amides is 2. The number of hydrogen-bond acceptors (Lipinski definition) is 4. The summed E-state index contributed by atoms with van der Waals surface area (Å²) in [5.41, 5.74) is 3.76. The maximum Gasteiger partial charge on any atom is 0.317 e. The molecule has 0 saturated carbocycles. The molecule has 27 heavy (non-hydrogen) atoms. The maximum absolute atomic E-state index is 11.8. The molecule has 4 rings (SSSR count). The smallest absolute Gasteiger partial charge is 0.317 e. The van der Waals surface area contributed by atoms with Gasteiger partial charge in [-0.25, -0.2) is 4.79 Å². The highest BCUT2D eigenvalue weighted by atomic mass is 35.5. The van der Waals surface area contributed by atoms with Crippen molar-refractivity contribution in [1.82, 2.24) is 15.4 Å². The van der Waals surface area contributed by atoms with Gasteiger partial charge < -0.3 is 20.1 Å². The van der Waals surface area contributed by atoms with E-state index >= 15 is 0 Å². The highest BCUT2D eigenvalue weighted by Gasteiger charge is 2.20. The Hall–Kier alpha value is -2.99. The molecule has 3 aromatic rings. The van der Waals surface area contributed by atoms with Crippen LogP contribution >= 0.6 is 11.6 Å². The predicted octanol–water partition coefficient (Wildman–Crippen LogP) is 4.13. The summed E-state index contributed by atoms with van der Waals surface area (Å²) in [5, 5.41) is 11.0. The molecule has 1 saturated heterocycles. The Morgan fingerprint density at radius 1 is 1.19 bits per heavy atom. The van der Waals surface area contributed by atoms with Crippen LogP contribution in [0.15, 0.2) is 59.1 Å². The van der Waals surface area contributed by atoms with Crippen molar-refractivity contribution in [3.8, 4) is 11.3 Å². The van der Waals surface area contributed by atoms with Gasteiger partial charge in [0.2, 0.25) is 0 Å². The third-order valence-corrected chi connectivity index (χ3v) is 4.73. The average molecular weight is 383 g/mol. The summed E-state index contributed by atoms with van der Waals surface area (Å²) >= 11 is 5.92. The van der Waals surface area contributed by atoms with Crippen molar-refractivity contribution < 1.29 is 9.32 Å². The molecule has 2 N–H and O–H groups in total. The average Bonchev–Trinajstić information content (AvgIpc) is 3.31. The van der Waals surface area contributed by atoms with E-state index in [2.05, 4.69) is 15.8 Å². The van der Waals surface area contributed by atoms with E-state index < -0.39 is 0 Å². The second-order valence-corrected chi connectivity index (χ2v) is 6.79. The fourth-order valence-corrected chi connectivity index (χ4v) is 3.16. The van der Waals surface area contributed by atoms with Crippen LogP contribution < -0.4 is 10.6 Å². The van der Waals surface area contributed by atoms with E-state index in [1.807, 2.05) is 54.6 Å². The van der Waals surface area contributed by atoms with Gasteiger partial charge in [-0.2, -0.15) is 0 Å². The summed E-state index contributed by atoms with van der Waals surface area (Å²) in [6.45, 7) is 2.49. The van der Waals surface area contributed by atoms with Gasteiger partial charge in [0.05, 0.1) is 6.54 Å². The van der Waals surface area contributed by atoms with Crippen LogP contribution in [0, 0.1) is 0 Å². The number of carbonyl (C=O) groups is 1. The molecule has 1 aliphatic heterocycles. The van der Waals surface area contributed by atoms with Crippen LogP contribution in [0.25, 0.3) is 11.3 Å². The molecule has 0 bridgehead atoms. The summed E-state index contributed by atoms with van der Waals surface area (Å²) in [4.78, 5) is 13.6. The Kier molecular flexibility index (Phi) is 4.98. The number of nitrogens with zero attached hydrogens (tertiary/aromatic N) is 2. The molecule has 1 aliphatic rings. The Bertz CT molecular complexity index is 939. The predicted molar refractivity (Wildman–Crippen MR) is 105 cm³/mol. The van der Waals surface area contributed by atoms with Crippen LogP contribution in [0.2, 0.25) is 5.02 Å². The fourth-order valence-electron chi connectivity index (χ4n) is 3.03. The Balaban J connectivity index is 1.43. The second kappa shape index (κ2) is 7.72. The van der Waals surface area contributed by atoms with E-state index in [9.17, 15) is 4.79 Å². The van der Waals surface area contributed by atoms with E-state index in [1.165, 1.54) is 0 Å². The van der Waals surface area contributed by atoms with Gasteiger partial charge in [0.25, 0.3) is 0 Å². The maximum atomic E-state index is 11.8. The number of rotatable bonds is 6. The van der Waals surface area contributed by atoms with Gasteiger partial charge in [-0.05, 0) is 23.8 Å². The number of urea groups is 1. The number of anilines is 1. The van der Waals surface area contributed by atoms with Crippen LogP contribution in [-0.2, 0) is 13.1 Å². The summed E-state index contributed by atoms with van der Waals surface area (Å²) < 4.78 is 5.44. The molecule has 2 aromatic carbocycles. The third kappa shape index (κ3) is 4.06. The summed E-state index contributed by atoms with van der Waals surface area (Å²) in [5.74, 6) is 0.730. The van der Waals surface area contributed by atoms with Crippen molar-refractivity contribution in [3.05, 3.63) is 70.9 Å². The van der Waals surface area contributed by atoms with E-state index in [4.69, 9.17) is 16.1 Å². The molecule has 1 aromatic heterocycles. The molecule has 1 fully saturated rings. The van der Waals surface area contributed by atoms with Gasteiger partial charge in [0.15, 0.2) is 5.76 Å².